The fourth-order valence-electron chi connectivity index (χ4n) is 1.67. The lowest BCUT2D eigenvalue weighted by Gasteiger charge is -2.38. The summed E-state index contributed by atoms with van der Waals surface area (Å²) in [6, 6.07) is 0. The van der Waals surface area contributed by atoms with E-state index >= 15 is 0 Å². The third kappa shape index (κ3) is 9.63. The van der Waals surface area contributed by atoms with Crippen molar-refractivity contribution in [1.29, 1.82) is 0 Å². The van der Waals surface area contributed by atoms with Gasteiger partial charge in [0, 0.05) is 22.6 Å². The van der Waals surface area contributed by atoms with Gasteiger partial charge in [-0.1, -0.05) is 83.1 Å². The SMILES string of the molecule is CC(=C=NN[Si](NN=C=C(C)C(C)(C)C)(NN=C=C(C)C(C)(C)C)C(C)(C)C)C(C)(C)C. The minimum Gasteiger partial charge on any atom is -0.289 e. The van der Waals surface area contributed by atoms with Gasteiger partial charge in [0.05, 0.1) is 0 Å². The van der Waals surface area contributed by atoms with Crippen LogP contribution in [0.15, 0.2) is 32.0 Å². The van der Waals surface area contributed by atoms with Crippen LogP contribution in [0.2, 0.25) is 5.04 Å². The summed E-state index contributed by atoms with van der Waals surface area (Å²) in [5, 5.41) is 23.2. The van der Waals surface area contributed by atoms with Gasteiger partial charge in [-0.15, -0.1) is 15.3 Å². The lowest BCUT2D eigenvalue weighted by Crippen LogP contribution is -2.73. The average molecular weight is 461 g/mol. The summed E-state index contributed by atoms with van der Waals surface area (Å²) in [7, 11) is -2.85. The Morgan fingerprint density at radius 3 is 0.875 bits per heavy atom. The first-order chi connectivity index (χ1) is 14.1. The van der Waals surface area contributed by atoms with Crippen molar-refractivity contribution in [3.05, 3.63) is 16.7 Å². The Hall–Kier alpha value is -2.03. The molecule has 3 N–H and O–H groups in total. The monoisotopic (exact) mass is 460 g/mol. The highest BCUT2D eigenvalue weighted by Gasteiger charge is 2.49. The van der Waals surface area contributed by atoms with Gasteiger partial charge in [-0.05, 0) is 53.7 Å². The van der Waals surface area contributed by atoms with E-state index < -0.39 is 8.56 Å². The summed E-state index contributed by atoms with van der Waals surface area (Å²) in [6.07, 6.45) is 0. The topological polar surface area (TPSA) is 73.2 Å². The minimum absolute atomic E-state index is 0.00654. The van der Waals surface area contributed by atoms with E-state index in [-0.39, 0.29) is 21.3 Å². The molecule has 182 valence electrons. The van der Waals surface area contributed by atoms with Crippen molar-refractivity contribution in [3.63, 3.8) is 0 Å². The minimum atomic E-state index is -2.85. The van der Waals surface area contributed by atoms with Gasteiger partial charge < -0.3 is 0 Å². The zero-order valence-electron chi connectivity index (χ0n) is 23.3. The van der Waals surface area contributed by atoms with E-state index in [9.17, 15) is 0 Å². The summed E-state index contributed by atoms with van der Waals surface area (Å²) in [4.78, 5) is 0. The van der Waals surface area contributed by atoms with Crippen molar-refractivity contribution < 1.29 is 0 Å². The van der Waals surface area contributed by atoms with Crippen LogP contribution < -0.4 is 15.3 Å². The first kappa shape index (κ1) is 30.0. The van der Waals surface area contributed by atoms with E-state index in [0.717, 1.165) is 16.7 Å². The normalized spacial score (nSPS) is 14.0. The molecule has 0 heterocycles. The Kier molecular flexibility index (Phi) is 10.0. The van der Waals surface area contributed by atoms with Crippen LogP contribution >= 0.6 is 0 Å². The summed E-state index contributed by atoms with van der Waals surface area (Å²) < 4.78 is 0. The lowest BCUT2D eigenvalue weighted by molar-refractivity contribution is 0.510. The predicted molar refractivity (Wildman–Crippen MR) is 143 cm³/mol. The molecule has 0 aromatic carbocycles. The second-order valence-corrected chi connectivity index (χ2v) is 16.3. The Bertz CT molecular complexity index is 732. The molecule has 0 saturated carbocycles. The highest BCUT2D eigenvalue weighted by Crippen LogP contribution is 2.31. The molecule has 0 radical (unpaired) electrons. The number of nitrogens with one attached hydrogen (secondary N) is 3. The number of hydrogen-bond acceptors (Lipinski definition) is 6. The quantitative estimate of drug-likeness (QED) is 0.250. The molecule has 0 rings (SSSR count). The molecular weight excluding hydrogens is 412 g/mol. The zero-order chi connectivity index (χ0) is 25.6. The van der Waals surface area contributed by atoms with E-state index in [4.69, 9.17) is 0 Å². The Morgan fingerprint density at radius 1 is 0.500 bits per heavy atom. The number of rotatable bonds is 6. The molecule has 0 saturated heterocycles. The molecule has 0 aromatic heterocycles. The molecule has 0 aliphatic heterocycles. The third-order valence-electron chi connectivity index (χ3n) is 5.84. The van der Waals surface area contributed by atoms with Gasteiger partial charge >= 0.3 is 8.56 Å². The second kappa shape index (κ2) is 10.7. The smallest absolute Gasteiger partial charge is 0.289 e. The van der Waals surface area contributed by atoms with Crippen LogP contribution in [-0.4, -0.2) is 26.2 Å². The van der Waals surface area contributed by atoms with Crippen LogP contribution in [-0.2, 0) is 0 Å². The average Bonchev–Trinajstić information content (AvgIpc) is 2.57. The molecule has 0 atom stereocenters. The molecule has 0 unspecified atom stereocenters. The maximum Gasteiger partial charge on any atom is 0.427 e. The van der Waals surface area contributed by atoms with Gasteiger partial charge in [-0.3, -0.25) is 15.3 Å². The maximum absolute atomic E-state index is 4.48. The molecule has 0 amide bonds. The molecule has 0 bridgehead atoms. The maximum atomic E-state index is 4.48. The number of hydrazone groups is 3. The Balaban J connectivity index is 6.49. The van der Waals surface area contributed by atoms with Crippen molar-refractivity contribution in [2.75, 3.05) is 0 Å². The summed E-state index contributed by atoms with van der Waals surface area (Å²) in [5.74, 6) is 9.44. The molecule has 0 fully saturated rings. The van der Waals surface area contributed by atoms with E-state index in [2.05, 4.69) is 131 Å². The second-order valence-electron chi connectivity index (χ2n) is 12.6. The van der Waals surface area contributed by atoms with Gasteiger partial charge in [-0.25, -0.2) is 0 Å². The van der Waals surface area contributed by atoms with Crippen LogP contribution in [0.5, 0.6) is 0 Å². The molecule has 6 nitrogen and oxygen atoms in total. The van der Waals surface area contributed by atoms with Crippen molar-refractivity contribution in [2.24, 2.45) is 31.5 Å². The summed E-state index contributed by atoms with van der Waals surface area (Å²) >= 11 is 0. The van der Waals surface area contributed by atoms with Crippen LogP contribution in [0.4, 0.5) is 0 Å². The summed E-state index contributed by atoms with van der Waals surface area (Å²) in [6.45, 7) is 31.8. The Morgan fingerprint density at radius 2 is 0.719 bits per heavy atom. The molecule has 7 heteroatoms. The largest absolute Gasteiger partial charge is 0.427 e. The van der Waals surface area contributed by atoms with Crippen LogP contribution in [0.1, 0.15) is 104 Å². The first-order valence-corrected chi connectivity index (χ1v) is 13.3. The first-order valence-electron chi connectivity index (χ1n) is 11.3. The highest BCUT2D eigenvalue weighted by molar-refractivity contribution is 6.75. The van der Waals surface area contributed by atoms with Gasteiger partial charge in [0.1, 0.15) is 0 Å². The van der Waals surface area contributed by atoms with Crippen molar-refractivity contribution in [1.82, 2.24) is 15.3 Å². The molecule has 32 heavy (non-hydrogen) atoms. The third-order valence-corrected chi connectivity index (χ3v) is 9.43. The van der Waals surface area contributed by atoms with Crippen molar-refractivity contribution in [2.45, 2.75) is 109 Å². The standard InChI is InChI=1S/C25H48N6Si/c1-19(22(4,5)6)16-26-29-32(25(13,14)15,30-27-17-20(2)23(7,8)9)31-28-18-21(3)24(10,11)12/h29-31H,1-15H3. The lowest BCUT2D eigenvalue weighted by atomic mass is 9.89. The molecule has 0 aliphatic carbocycles. The van der Waals surface area contributed by atoms with Crippen LogP contribution in [0.25, 0.3) is 0 Å². The van der Waals surface area contributed by atoms with Gasteiger partial charge in [0.15, 0.2) is 0 Å². The zero-order valence-corrected chi connectivity index (χ0v) is 24.3. The van der Waals surface area contributed by atoms with Crippen molar-refractivity contribution >= 4 is 26.2 Å². The van der Waals surface area contributed by atoms with Gasteiger partial charge in [0.25, 0.3) is 0 Å². The molecular formula is C25H48N6Si. The van der Waals surface area contributed by atoms with Crippen molar-refractivity contribution in [3.8, 4) is 0 Å². The number of nitrogens with zero attached hydrogens (tertiary/aromatic N) is 3. The fraction of sp³-hybridized carbons (Fsp3) is 0.760. The number of hydrogen-bond donors (Lipinski definition) is 3. The van der Waals surface area contributed by atoms with Gasteiger partial charge in [-0.2, -0.15) is 0 Å². The van der Waals surface area contributed by atoms with Crippen LogP contribution in [0, 0.1) is 16.2 Å². The van der Waals surface area contributed by atoms with Gasteiger partial charge in [0.2, 0.25) is 0 Å². The molecule has 0 aliphatic rings. The Labute approximate surface area is 198 Å². The molecule has 0 aromatic rings. The van der Waals surface area contributed by atoms with Crippen LogP contribution in [0.3, 0.4) is 0 Å². The van der Waals surface area contributed by atoms with E-state index in [1.54, 1.807) is 0 Å². The summed E-state index contributed by atoms with van der Waals surface area (Å²) in [5.41, 5.74) is 3.15. The fourth-order valence-corrected chi connectivity index (χ4v) is 3.50. The number of allylic oxidation sites excluding steroid dienone is 3. The predicted octanol–water partition coefficient (Wildman–Crippen LogP) is 6.23. The van der Waals surface area contributed by atoms with E-state index in [1.165, 1.54) is 0 Å². The van der Waals surface area contributed by atoms with E-state index in [0.29, 0.717) is 0 Å². The van der Waals surface area contributed by atoms with E-state index in [1.807, 2.05) is 20.8 Å². The molecule has 0 spiro atoms. The highest BCUT2D eigenvalue weighted by atomic mass is 28.4.